The number of benzene rings is 2. The van der Waals surface area contributed by atoms with Gasteiger partial charge in [-0.25, -0.2) is 0 Å². The maximum atomic E-state index is 12.5. The van der Waals surface area contributed by atoms with Crippen molar-refractivity contribution in [3.8, 4) is 23.0 Å². The molecular formula is C22H25F2NO5. The molecule has 1 amide bonds. The zero-order valence-corrected chi connectivity index (χ0v) is 16.9. The Morgan fingerprint density at radius 3 is 2.37 bits per heavy atom. The van der Waals surface area contributed by atoms with E-state index in [-0.39, 0.29) is 29.4 Å². The summed E-state index contributed by atoms with van der Waals surface area (Å²) in [6.45, 7) is -2.93. The van der Waals surface area contributed by atoms with Gasteiger partial charge >= 0.3 is 6.61 Å². The van der Waals surface area contributed by atoms with Gasteiger partial charge in [0.2, 0.25) is 5.75 Å². The molecule has 0 bridgehead atoms. The number of alkyl halides is 2. The average molecular weight is 421 g/mol. The predicted octanol–water partition coefficient (Wildman–Crippen LogP) is 4.43. The van der Waals surface area contributed by atoms with Gasteiger partial charge in [0.25, 0.3) is 5.91 Å². The molecule has 1 N–H and O–H groups in total. The molecule has 8 heteroatoms. The van der Waals surface area contributed by atoms with Crippen LogP contribution in [-0.4, -0.2) is 38.9 Å². The van der Waals surface area contributed by atoms with Crippen LogP contribution in [0.25, 0.3) is 0 Å². The molecule has 0 atom stereocenters. The van der Waals surface area contributed by atoms with E-state index in [0.717, 1.165) is 25.7 Å². The highest BCUT2D eigenvalue weighted by Gasteiger charge is 2.25. The van der Waals surface area contributed by atoms with E-state index in [4.69, 9.17) is 14.2 Å². The summed E-state index contributed by atoms with van der Waals surface area (Å²) in [5.41, 5.74) is 0.285. The zero-order valence-electron chi connectivity index (χ0n) is 16.9. The molecule has 0 spiro atoms. The van der Waals surface area contributed by atoms with Crippen LogP contribution in [0.3, 0.4) is 0 Å². The van der Waals surface area contributed by atoms with Crippen molar-refractivity contribution < 1.29 is 32.5 Å². The third kappa shape index (κ3) is 5.52. The monoisotopic (exact) mass is 421 g/mol. The van der Waals surface area contributed by atoms with Gasteiger partial charge in [0.15, 0.2) is 11.5 Å². The van der Waals surface area contributed by atoms with Crippen LogP contribution in [0.5, 0.6) is 23.0 Å². The van der Waals surface area contributed by atoms with Crippen LogP contribution >= 0.6 is 0 Å². The first kappa shape index (κ1) is 21.7. The lowest BCUT2D eigenvalue weighted by atomic mass is 9.92. The summed E-state index contributed by atoms with van der Waals surface area (Å²) in [5, 5.41) is 2.96. The molecule has 0 aromatic heterocycles. The zero-order chi connectivity index (χ0) is 21.5. The summed E-state index contributed by atoms with van der Waals surface area (Å²) in [7, 11) is 3.14. The first-order chi connectivity index (χ1) is 14.5. The molecule has 2 aromatic carbocycles. The molecule has 2 aromatic rings. The van der Waals surface area contributed by atoms with Crippen LogP contribution in [0.2, 0.25) is 0 Å². The largest absolute Gasteiger partial charge is 0.493 e. The highest BCUT2D eigenvalue weighted by atomic mass is 19.3. The van der Waals surface area contributed by atoms with Gasteiger partial charge in [-0.1, -0.05) is 12.1 Å². The Bertz CT molecular complexity index is 853. The van der Waals surface area contributed by atoms with E-state index in [1.807, 2.05) is 12.1 Å². The second-order valence-corrected chi connectivity index (χ2v) is 6.96. The lowest BCUT2D eigenvalue weighted by Gasteiger charge is -2.30. The van der Waals surface area contributed by atoms with Gasteiger partial charge in [-0.05, 0) is 56.0 Å². The molecule has 6 nitrogen and oxygen atoms in total. The van der Waals surface area contributed by atoms with Crippen molar-refractivity contribution in [2.24, 2.45) is 0 Å². The van der Waals surface area contributed by atoms with Crippen LogP contribution < -0.4 is 24.3 Å². The molecule has 1 aliphatic carbocycles. The number of carbonyl (C=O) groups excluding carboxylic acids is 1. The SMILES string of the molecule is COc1cccc(OC2CCC(NC(=O)c3cccc(OC(F)F)c3)CC2)c1OC. The molecule has 0 heterocycles. The highest BCUT2D eigenvalue weighted by molar-refractivity contribution is 5.94. The van der Waals surface area contributed by atoms with Gasteiger partial charge in [0.05, 0.1) is 20.3 Å². The van der Waals surface area contributed by atoms with Crippen molar-refractivity contribution in [1.29, 1.82) is 0 Å². The molecular weight excluding hydrogens is 396 g/mol. The summed E-state index contributed by atoms with van der Waals surface area (Å²) in [6.07, 6.45) is 3.02. The van der Waals surface area contributed by atoms with E-state index >= 15 is 0 Å². The van der Waals surface area contributed by atoms with Gasteiger partial charge in [0.1, 0.15) is 5.75 Å². The lowest BCUT2D eigenvalue weighted by Crippen LogP contribution is -2.39. The number of ether oxygens (including phenoxy) is 4. The summed E-state index contributed by atoms with van der Waals surface area (Å²) in [4.78, 5) is 12.5. The Labute approximate surface area is 174 Å². The van der Waals surface area contributed by atoms with Gasteiger partial charge in [0, 0.05) is 11.6 Å². The quantitative estimate of drug-likeness (QED) is 0.683. The minimum Gasteiger partial charge on any atom is -0.493 e. The minimum absolute atomic E-state index is 0.00179. The Morgan fingerprint density at radius 2 is 1.70 bits per heavy atom. The van der Waals surface area contributed by atoms with Crippen molar-refractivity contribution in [1.82, 2.24) is 5.32 Å². The summed E-state index contributed by atoms with van der Waals surface area (Å²) in [5.74, 6) is 1.44. The standard InChI is InChI=1S/C22H25F2NO5/c1-27-18-7-4-8-19(20(18)28-2)29-16-11-9-15(10-12-16)25-21(26)14-5-3-6-17(13-14)30-22(23)24/h3-8,13,15-16,22H,9-12H2,1-2H3,(H,25,26). The normalized spacial score (nSPS) is 18.6. The van der Waals surface area contributed by atoms with E-state index < -0.39 is 6.61 Å². The fourth-order valence-corrected chi connectivity index (χ4v) is 3.54. The van der Waals surface area contributed by atoms with E-state index in [9.17, 15) is 13.6 Å². The van der Waals surface area contributed by atoms with Crippen LogP contribution in [0.4, 0.5) is 8.78 Å². The fraction of sp³-hybridized carbons (Fsp3) is 0.409. The molecule has 0 aliphatic heterocycles. The fourth-order valence-electron chi connectivity index (χ4n) is 3.54. The highest BCUT2D eigenvalue weighted by Crippen LogP contribution is 2.38. The van der Waals surface area contributed by atoms with Crippen LogP contribution in [0, 0.1) is 0 Å². The molecule has 0 saturated heterocycles. The Hall–Kier alpha value is -3.03. The van der Waals surface area contributed by atoms with Crippen LogP contribution in [0.15, 0.2) is 42.5 Å². The van der Waals surface area contributed by atoms with Crippen molar-refractivity contribution >= 4 is 5.91 Å². The molecule has 1 fully saturated rings. The molecule has 162 valence electrons. The van der Waals surface area contributed by atoms with Crippen LogP contribution in [0.1, 0.15) is 36.0 Å². The number of para-hydroxylation sites is 1. The molecule has 0 unspecified atom stereocenters. The smallest absolute Gasteiger partial charge is 0.387 e. The van der Waals surface area contributed by atoms with Gasteiger partial charge < -0.3 is 24.3 Å². The topological polar surface area (TPSA) is 66.0 Å². The summed E-state index contributed by atoms with van der Waals surface area (Å²) >= 11 is 0. The average Bonchev–Trinajstić information content (AvgIpc) is 2.74. The number of nitrogens with one attached hydrogen (secondary N) is 1. The van der Waals surface area contributed by atoms with Crippen molar-refractivity contribution in [2.45, 2.75) is 44.4 Å². The first-order valence-electron chi connectivity index (χ1n) is 9.73. The number of hydrogen-bond acceptors (Lipinski definition) is 5. The molecule has 0 radical (unpaired) electrons. The minimum atomic E-state index is -2.93. The van der Waals surface area contributed by atoms with Crippen LogP contribution in [-0.2, 0) is 0 Å². The number of rotatable bonds is 8. The van der Waals surface area contributed by atoms with E-state index in [0.29, 0.717) is 17.2 Å². The number of amides is 1. The summed E-state index contributed by atoms with van der Waals surface area (Å²) < 4.78 is 45.9. The maximum Gasteiger partial charge on any atom is 0.387 e. The number of halogens is 2. The third-order valence-corrected chi connectivity index (χ3v) is 4.99. The van der Waals surface area contributed by atoms with E-state index in [2.05, 4.69) is 10.1 Å². The Kier molecular flexibility index (Phi) is 7.32. The molecule has 1 aliphatic rings. The summed E-state index contributed by atoms with van der Waals surface area (Å²) in [6, 6.07) is 11.3. The van der Waals surface area contributed by atoms with Crippen molar-refractivity contribution in [2.75, 3.05) is 14.2 Å². The van der Waals surface area contributed by atoms with E-state index in [1.165, 1.54) is 18.2 Å². The van der Waals surface area contributed by atoms with E-state index in [1.54, 1.807) is 26.4 Å². The number of carbonyl (C=O) groups is 1. The number of methoxy groups -OCH3 is 2. The van der Waals surface area contributed by atoms with Crippen molar-refractivity contribution in [3.63, 3.8) is 0 Å². The molecule has 3 rings (SSSR count). The van der Waals surface area contributed by atoms with Gasteiger partial charge in [-0.3, -0.25) is 4.79 Å². The second kappa shape index (κ2) is 10.1. The third-order valence-electron chi connectivity index (χ3n) is 4.99. The number of hydrogen-bond donors (Lipinski definition) is 1. The maximum absolute atomic E-state index is 12.5. The van der Waals surface area contributed by atoms with Gasteiger partial charge in [-0.2, -0.15) is 8.78 Å². The Morgan fingerprint density at radius 1 is 1.00 bits per heavy atom. The van der Waals surface area contributed by atoms with Gasteiger partial charge in [-0.15, -0.1) is 0 Å². The lowest BCUT2D eigenvalue weighted by molar-refractivity contribution is -0.0498. The molecule has 30 heavy (non-hydrogen) atoms. The Balaban J connectivity index is 1.53. The predicted molar refractivity (Wildman–Crippen MR) is 107 cm³/mol. The molecule has 1 saturated carbocycles. The first-order valence-corrected chi connectivity index (χ1v) is 9.73. The van der Waals surface area contributed by atoms with Crippen molar-refractivity contribution in [3.05, 3.63) is 48.0 Å². The second-order valence-electron chi connectivity index (χ2n) is 6.96.